The maximum Gasteiger partial charge on any atom is 0.254 e. The van der Waals surface area contributed by atoms with E-state index in [2.05, 4.69) is 41.4 Å². The molecular weight excluding hydrogens is 361 g/mol. The molecule has 2 aromatic rings. The van der Waals surface area contributed by atoms with Gasteiger partial charge in [0.25, 0.3) is 5.91 Å². The molecule has 0 saturated heterocycles. The van der Waals surface area contributed by atoms with Gasteiger partial charge in [-0.1, -0.05) is 31.2 Å². The first kappa shape index (κ1) is 23.5. The lowest BCUT2D eigenvalue weighted by Crippen LogP contribution is -2.34. The summed E-state index contributed by atoms with van der Waals surface area (Å²) in [4.78, 5) is 14.3. The van der Waals surface area contributed by atoms with E-state index < -0.39 is 0 Å². The van der Waals surface area contributed by atoms with Crippen LogP contribution in [0.2, 0.25) is 0 Å². The van der Waals surface area contributed by atoms with E-state index >= 15 is 0 Å². The standard InChI is InChI=1S/C18H25N3O2.2ClH/c1-4-13-5-7-14(8-6-13)17(21(2)3)11-20-18(22)15-9-16(10-19)23-12-15;;/h5-9,12,17H,4,10-11,19H2,1-3H3,(H,20,22);2*1H. The van der Waals surface area contributed by atoms with Crippen molar-refractivity contribution in [3.8, 4) is 0 Å². The highest BCUT2D eigenvalue weighted by Gasteiger charge is 2.17. The predicted molar refractivity (Wildman–Crippen MR) is 106 cm³/mol. The van der Waals surface area contributed by atoms with Crippen molar-refractivity contribution in [3.63, 3.8) is 0 Å². The molecule has 3 N–H and O–H groups in total. The van der Waals surface area contributed by atoms with Crippen molar-refractivity contribution < 1.29 is 9.21 Å². The van der Waals surface area contributed by atoms with Gasteiger partial charge in [-0.25, -0.2) is 0 Å². The number of halogens is 2. The number of carbonyl (C=O) groups excluding carboxylic acids is 1. The molecule has 0 aliphatic carbocycles. The van der Waals surface area contributed by atoms with E-state index in [1.807, 2.05) is 14.1 Å². The molecule has 1 amide bonds. The van der Waals surface area contributed by atoms with E-state index in [-0.39, 0.29) is 43.3 Å². The molecule has 5 nitrogen and oxygen atoms in total. The van der Waals surface area contributed by atoms with Crippen LogP contribution in [0.15, 0.2) is 41.0 Å². The quantitative estimate of drug-likeness (QED) is 0.764. The lowest BCUT2D eigenvalue weighted by molar-refractivity contribution is 0.0941. The summed E-state index contributed by atoms with van der Waals surface area (Å²) in [5.41, 5.74) is 8.49. The minimum Gasteiger partial charge on any atom is -0.467 e. The van der Waals surface area contributed by atoms with Gasteiger partial charge in [-0.2, -0.15) is 0 Å². The lowest BCUT2D eigenvalue weighted by Gasteiger charge is -2.25. The zero-order valence-electron chi connectivity index (χ0n) is 14.8. The van der Waals surface area contributed by atoms with E-state index in [1.165, 1.54) is 17.4 Å². The summed E-state index contributed by atoms with van der Waals surface area (Å²) in [7, 11) is 4.02. The van der Waals surface area contributed by atoms with Crippen molar-refractivity contribution >= 4 is 30.7 Å². The molecular formula is C18H27Cl2N3O2. The van der Waals surface area contributed by atoms with E-state index in [1.54, 1.807) is 6.07 Å². The summed E-state index contributed by atoms with van der Waals surface area (Å²) in [6.45, 7) is 2.96. The Bertz CT molecular complexity index is 642. The van der Waals surface area contributed by atoms with Crippen molar-refractivity contribution in [2.24, 2.45) is 5.73 Å². The third-order valence-corrected chi connectivity index (χ3v) is 3.97. The molecule has 0 saturated carbocycles. The third-order valence-electron chi connectivity index (χ3n) is 3.97. The molecule has 1 atom stereocenters. The normalized spacial score (nSPS) is 11.4. The van der Waals surface area contributed by atoms with E-state index in [9.17, 15) is 4.79 Å². The molecule has 0 aliphatic heterocycles. The van der Waals surface area contributed by atoms with E-state index in [4.69, 9.17) is 10.2 Å². The van der Waals surface area contributed by atoms with Crippen LogP contribution in [0.4, 0.5) is 0 Å². The van der Waals surface area contributed by atoms with Crippen LogP contribution in [-0.4, -0.2) is 31.4 Å². The Morgan fingerprint density at radius 3 is 2.36 bits per heavy atom. The monoisotopic (exact) mass is 387 g/mol. The van der Waals surface area contributed by atoms with Crippen molar-refractivity contribution in [2.75, 3.05) is 20.6 Å². The van der Waals surface area contributed by atoms with Gasteiger partial charge in [0.1, 0.15) is 12.0 Å². The minimum atomic E-state index is -0.148. The average Bonchev–Trinajstić information content (AvgIpc) is 3.04. The maximum absolute atomic E-state index is 12.2. The zero-order valence-corrected chi connectivity index (χ0v) is 16.5. The second-order valence-corrected chi connectivity index (χ2v) is 5.79. The highest BCUT2D eigenvalue weighted by molar-refractivity contribution is 5.94. The van der Waals surface area contributed by atoms with Crippen LogP contribution in [0, 0.1) is 0 Å². The van der Waals surface area contributed by atoms with Gasteiger partial charge in [-0.3, -0.25) is 4.79 Å². The number of amides is 1. The first-order valence-corrected chi connectivity index (χ1v) is 7.86. The molecule has 2 rings (SSSR count). The number of nitrogens with one attached hydrogen (secondary N) is 1. The van der Waals surface area contributed by atoms with Gasteiger partial charge in [0, 0.05) is 6.54 Å². The van der Waals surface area contributed by atoms with Crippen LogP contribution in [0.1, 0.15) is 40.2 Å². The number of nitrogens with two attached hydrogens (primary N) is 1. The van der Waals surface area contributed by atoms with Gasteiger partial charge in [0.05, 0.1) is 18.2 Å². The second-order valence-electron chi connectivity index (χ2n) is 5.79. The Morgan fingerprint density at radius 1 is 1.24 bits per heavy atom. The number of hydrogen-bond donors (Lipinski definition) is 2. The van der Waals surface area contributed by atoms with Crippen LogP contribution in [0.3, 0.4) is 0 Å². The largest absolute Gasteiger partial charge is 0.467 e. The number of likely N-dealkylation sites (N-methyl/N-ethyl adjacent to an activating group) is 1. The van der Waals surface area contributed by atoms with Crippen molar-refractivity contribution in [1.29, 1.82) is 0 Å². The highest BCUT2D eigenvalue weighted by atomic mass is 35.5. The Labute approximate surface area is 161 Å². The molecule has 1 unspecified atom stereocenters. The number of rotatable bonds is 7. The number of benzene rings is 1. The number of nitrogens with zero attached hydrogens (tertiary/aromatic N) is 1. The summed E-state index contributed by atoms with van der Waals surface area (Å²) in [5, 5.41) is 2.96. The third kappa shape index (κ3) is 6.36. The van der Waals surface area contributed by atoms with E-state index in [0.29, 0.717) is 17.9 Å². The molecule has 0 radical (unpaired) electrons. The SMILES string of the molecule is CCc1ccc(C(CNC(=O)c2coc(CN)c2)N(C)C)cc1.Cl.Cl. The second kappa shape index (κ2) is 11.2. The molecule has 1 aromatic heterocycles. The van der Waals surface area contributed by atoms with Gasteiger partial charge < -0.3 is 20.4 Å². The molecule has 0 spiro atoms. The van der Waals surface area contributed by atoms with Crippen LogP contribution in [0.5, 0.6) is 0 Å². The van der Waals surface area contributed by atoms with Crippen molar-refractivity contribution in [3.05, 3.63) is 59.0 Å². The number of furan rings is 1. The predicted octanol–water partition coefficient (Wildman–Crippen LogP) is 3.18. The fourth-order valence-electron chi connectivity index (χ4n) is 2.47. The highest BCUT2D eigenvalue weighted by Crippen LogP contribution is 2.18. The van der Waals surface area contributed by atoms with Gasteiger partial charge in [-0.05, 0) is 37.7 Å². The molecule has 0 bridgehead atoms. The smallest absolute Gasteiger partial charge is 0.254 e. The minimum absolute atomic E-state index is 0. The van der Waals surface area contributed by atoms with Crippen LogP contribution < -0.4 is 11.1 Å². The number of carbonyl (C=O) groups is 1. The topological polar surface area (TPSA) is 71.5 Å². The first-order chi connectivity index (χ1) is 11.0. The Kier molecular flexibility index (Phi) is 10.5. The summed E-state index contributed by atoms with van der Waals surface area (Å²) in [5.74, 6) is 0.458. The fraction of sp³-hybridized carbons (Fsp3) is 0.389. The van der Waals surface area contributed by atoms with E-state index in [0.717, 1.165) is 6.42 Å². The molecule has 140 valence electrons. The Balaban J connectivity index is 0.00000288. The molecule has 0 aliphatic rings. The van der Waals surface area contributed by atoms with Crippen LogP contribution >= 0.6 is 24.8 Å². The molecule has 1 aromatic carbocycles. The molecule has 1 heterocycles. The Morgan fingerprint density at radius 2 is 1.88 bits per heavy atom. The van der Waals surface area contributed by atoms with Gasteiger partial charge in [0.2, 0.25) is 0 Å². The number of aryl methyl sites for hydroxylation is 1. The summed E-state index contributed by atoms with van der Waals surface area (Å²) in [6.07, 6.45) is 2.46. The zero-order chi connectivity index (χ0) is 16.8. The summed E-state index contributed by atoms with van der Waals surface area (Å²) >= 11 is 0. The van der Waals surface area contributed by atoms with Crippen molar-refractivity contribution in [2.45, 2.75) is 25.9 Å². The first-order valence-electron chi connectivity index (χ1n) is 7.86. The maximum atomic E-state index is 12.2. The van der Waals surface area contributed by atoms with Crippen LogP contribution in [-0.2, 0) is 13.0 Å². The van der Waals surface area contributed by atoms with Gasteiger partial charge in [-0.15, -0.1) is 24.8 Å². The molecule has 7 heteroatoms. The number of hydrogen-bond acceptors (Lipinski definition) is 4. The Hall–Kier alpha value is -1.53. The molecule has 0 fully saturated rings. The van der Waals surface area contributed by atoms with Crippen molar-refractivity contribution in [1.82, 2.24) is 10.2 Å². The van der Waals surface area contributed by atoms with Gasteiger partial charge >= 0.3 is 0 Å². The van der Waals surface area contributed by atoms with Gasteiger partial charge in [0.15, 0.2) is 0 Å². The lowest BCUT2D eigenvalue weighted by atomic mass is 10.0. The fourth-order valence-corrected chi connectivity index (χ4v) is 2.47. The summed E-state index contributed by atoms with van der Waals surface area (Å²) in [6, 6.07) is 10.3. The molecule has 25 heavy (non-hydrogen) atoms. The summed E-state index contributed by atoms with van der Waals surface area (Å²) < 4.78 is 5.20. The van der Waals surface area contributed by atoms with Crippen LogP contribution in [0.25, 0.3) is 0 Å². The average molecular weight is 388 g/mol.